The first-order valence-electron chi connectivity index (χ1n) is 8.39. The first-order chi connectivity index (χ1) is 13.2. The zero-order valence-corrected chi connectivity index (χ0v) is 14.8. The molecule has 0 aliphatic heterocycles. The zero-order valence-electron chi connectivity index (χ0n) is 14.8. The number of H-pyrrole nitrogens is 1. The SMILES string of the molecule is COc1cccc(C(=N)N=C(Oc2ccccc2)c2cc(CCO)c[nH]2)n1. The summed E-state index contributed by atoms with van der Waals surface area (Å²) in [5.74, 6) is 1.18. The Hall–Kier alpha value is -3.45. The molecule has 27 heavy (non-hydrogen) atoms. The van der Waals surface area contributed by atoms with Gasteiger partial charge in [-0.25, -0.2) is 4.98 Å². The second-order valence-corrected chi connectivity index (χ2v) is 5.64. The molecule has 0 spiro atoms. The molecule has 1 aromatic carbocycles. The molecule has 7 heteroatoms. The van der Waals surface area contributed by atoms with E-state index in [9.17, 15) is 0 Å². The number of nitrogens with zero attached hydrogens (tertiary/aromatic N) is 2. The number of hydrogen-bond donors (Lipinski definition) is 3. The first-order valence-corrected chi connectivity index (χ1v) is 8.39. The van der Waals surface area contributed by atoms with Crippen LogP contribution in [0.15, 0.2) is 65.8 Å². The Morgan fingerprint density at radius 2 is 2.00 bits per heavy atom. The summed E-state index contributed by atoms with van der Waals surface area (Å²) in [5, 5.41) is 17.4. The van der Waals surface area contributed by atoms with Gasteiger partial charge in [-0.2, -0.15) is 4.99 Å². The number of aromatic amines is 1. The summed E-state index contributed by atoms with van der Waals surface area (Å²) >= 11 is 0. The highest BCUT2D eigenvalue weighted by Crippen LogP contribution is 2.15. The highest BCUT2D eigenvalue weighted by atomic mass is 16.5. The fraction of sp³-hybridized carbons (Fsp3) is 0.150. The molecule has 0 saturated carbocycles. The van der Waals surface area contributed by atoms with Crippen LogP contribution >= 0.6 is 0 Å². The number of aliphatic hydroxyl groups is 1. The second-order valence-electron chi connectivity index (χ2n) is 5.64. The van der Waals surface area contributed by atoms with Crippen molar-refractivity contribution in [1.29, 1.82) is 5.41 Å². The molecule has 0 aliphatic carbocycles. The Morgan fingerprint density at radius 3 is 2.74 bits per heavy atom. The molecule has 0 fully saturated rings. The predicted molar refractivity (Wildman–Crippen MR) is 103 cm³/mol. The maximum Gasteiger partial charge on any atom is 0.245 e. The number of para-hydroxylation sites is 1. The minimum atomic E-state index is -0.0573. The molecule has 2 aromatic heterocycles. The van der Waals surface area contributed by atoms with Crippen molar-refractivity contribution in [2.24, 2.45) is 4.99 Å². The first kappa shape index (κ1) is 18.3. The van der Waals surface area contributed by atoms with Crippen LogP contribution in [0.4, 0.5) is 0 Å². The number of methoxy groups -OCH3 is 1. The summed E-state index contributed by atoms with van der Waals surface area (Å²) < 4.78 is 11.0. The molecule has 0 aliphatic rings. The molecule has 3 N–H and O–H groups in total. The van der Waals surface area contributed by atoms with E-state index in [0.29, 0.717) is 29.4 Å². The van der Waals surface area contributed by atoms with E-state index < -0.39 is 0 Å². The van der Waals surface area contributed by atoms with E-state index in [1.54, 1.807) is 36.5 Å². The van der Waals surface area contributed by atoms with Crippen molar-refractivity contribution in [1.82, 2.24) is 9.97 Å². The van der Waals surface area contributed by atoms with Gasteiger partial charge in [0.1, 0.15) is 17.1 Å². The van der Waals surface area contributed by atoms with Gasteiger partial charge in [0.05, 0.1) is 7.11 Å². The summed E-state index contributed by atoms with van der Waals surface area (Å²) in [6.45, 7) is 0.0485. The minimum absolute atomic E-state index is 0.0485. The number of aliphatic imine (C=N–C) groups is 1. The number of pyridine rings is 1. The van der Waals surface area contributed by atoms with Crippen LogP contribution in [0.1, 0.15) is 17.0 Å². The number of amidine groups is 1. The maximum atomic E-state index is 9.12. The van der Waals surface area contributed by atoms with E-state index in [0.717, 1.165) is 5.56 Å². The fourth-order valence-corrected chi connectivity index (χ4v) is 2.39. The average Bonchev–Trinajstić information content (AvgIpc) is 3.17. The number of aromatic nitrogens is 2. The van der Waals surface area contributed by atoms with Crippen LogP contribution in [0.3, 0.4) is 0 Å². The van der Waals surface area contributed by atoms with Gasteiger partial charge in [0.15, 0.2) is 5.84 Å². The number of rotatable bonds is 6. The number of nitrogens with one attached hydrogen (secondary N) is 2. The zero-order chi connectivity index (χ0) is 19.1. The van der Waals surface area contributed by atoms with Crippen LogP contribution in [0.25, 0.3) is 0 Å². The third-order valence-corrected chi connectivity index (χ3v) is 3.72. The van der Waals surface area contributed by atoms with E-state index in [2.05, 4.69) is 15.0 Å². The topological polar surface area (TPSA) is 104 Å². The smallest absolute Gasteiger partial charge is 0.245 e. The molecule has 0 bridgehead atoms. The molecule has 0 atom stereocenters. The lowest BCUT2D eigenvalue weighted by Gasteiger charge is -2.08. The Labute approximate surface area is 156 Å². The molecule has 0 radical (unpaired) electrons. The number of ether oxygens (including phenoxy) is 2. The summed E-state index contributed by atoms with van der Waals surface area (Å²) in [4.78, 5) is 11.6. The standard InChI is InChI=1S/C20H20N4O3/c1-26-18-9-5-8-16(23-18)19(21)24-20(27-15-6-3-2-4-7-15)17-12-14(10-11-25)13-22-17/h2-9,12-13,21-22,25H,10-11H2,1H3. The van der Waals surface area contributed by atoms with Gasteiger partial charge < -0.3 is 19.6 Å². The normalized spacial score (nSPS) is 11.3. The lowest BCUT2D eigenvalue weighted by molar-refractivity contribution is 0.299. The molecule has 3 rings (SSSR count). The van der Waals surface area contributed by atoms with Crippen LogP contribution in [0, 0.1) is 5.41 Å². The third kappa shape index (κ3) is 4.80. The van der Waals surface area contributed by atoms with E-state index in [1.165, 1.54) is 7.11 Å². The van der Waals surface area contributed by atoms with Crippen molar-refractivity contribution < 1.29 is 14.6 Å². The van der Waals surface area contributed by atoms with Gasteiger partial charge in [-0.05, 0) is 36.2 Å². The van der Waals surface area contributed by atoms with Crippen LogP contribution in [0.2, 0.25) is 0 Å². The Balaban J connectivity index is 1.94. The molecule has 0 saturated heterocycles. The largest absolute Gasteiger partial charge is 0.481 e. The predicted octanol–water partition coefficient (Wildman–Crippen LogP) is 2.80. The number of benzene rings is 1. The molecule has 3 aromatic rings. The van der Waals surface area contributed by atoms with Crippen molar-refractivity contribution in [2.75, 3.05) is 13.7 Å². The average molecular weight is 364 g/mol. The summed E-state index contributed by atoms with van der Waals surface area (Å²) in [6, 6.07) is 16.2. The second kappa shape index (κ2) is 8.77. The van der Waals surface area contributed by atoms with Gasteiger partial charge in [0.2, 0.25) is 11.8 Å². The summed E-state index contributed by atoms with van der Waals surface area (Å²) in [6.07, 6.45) is 2.30. The van der Waals surface area contributed by atoms with Crippen molar-refractivity contribution in [2.45, 2.75) is 6.42 Å². The van der Waals surface area contributed by atoms with E-state index in [-0.39, 0.29) is 18.3 Å². The minimum Gasteiger partial charge on any atom is -0.481 e. The van der Waals surface area contributed by atoms with Gasteiger partial charge in [-0.15, -0.1) is 0 Å². The molecule has 0 amide bonds. The third-order valence-electron chi connectivity index (χ3n) is 3.72. The van der Waals surface area contributed by atoms with Crippen LogP contribution in [0.5, 0.6) is 11.6 Å². The van der Waals surface area contributed by atoms with E-state index in [4.69, 9.17) is 20.0 Å². The fourth-order valence-electron chi connectivity index (χ4n) is 2.39. The molecule has 138 valence electrons. The monoisotopic (exact) mass is 364 g/mol. The van der Waals surface area contributed by atoms with Crippen molar-refractivity contribution in [3.63, 3.8) is 0 Å². The molecule has 2 heterocycles. The molecule has 0 unspecified atom stereocenters. The highest BCUT2D eigenvalue weighted by molar-refractivity contribution is 6.07. The number of hydrogen-bond acceptors (Lipinski definition) is 5. The van der Waals surface area contributed by atoms with Crippen molar-refractivity contribution >= 4 is 11.7 Å². The quantitative estimate of drug-likeness (QED) is 0.462. The van der Waals surface area contributed by atoms with Crippen LogP contribution < -0.4 is 9.47 Å². The number of aliphatic hydroxyl groups excluding tert-OH is 1. The Kier molecular flexibility index (Phi) is 5.96. The lowest BCUT2D eigenvalue weighted by atomic mass is 10.2. The van der Waals surface area contributed by atoms with Gasteiger partial charge in [0.25, 0.3) is 0 Å². The van der Waals surface area contributed by atoms with Gasteiger partial charge in [-0.1, -0.05) is 24.3 Å². The van der Waals surface area contributed by atoms with Gasteiger partial charge in [0, 0.05) is 18.9 Å². The molecular formula is C20H20N4O3. The van der Waals surface area contributed by atoms with E-state index >= 15 is 0 Å². The Bertz CT molecular complexity index is 935. The lowest BCUT2D eigenvalue weighted by Crippen LogP contribution is -2.14. The molecule has 7 nitrogen and oxygen atoms in total. The van der Waals surface area contributed by atoms with Crippen molar-refractivity contribution in [3.05, 3.63) is 77.7 Å². The van der Waals surface area contributed by atoms with Crippen LogP contribution in [-0.2, 0) is 6.42 Å². The Morgan fingerprint density at radius 1 is 1.19 bits per heavy atom. The maximum absolute atomic E-state index is 9.12. The van der Waals surface area contributed by atoms with E-state index in [1.807, 2.05) is 24.3 Å². The van der Waals surface area contributed by atoms with Crippen LogP contribution in [-0.4, -0.2) is 40.5 Å². The van der Waals surface area contributed by atoms with Crippen molar-refractivity contribution in [3.8, 4) is 11.6 Å². The van der Waals surface area contributed by atoms with Gasteiger partial charge in [-0.3, -0.25) is 5.41 Å². The molecular weight excluding hydrogens is 344 g/mol. The summed E-state index contributed by atoms with van der Waals surface area (Å²) in [5.41, 5.74) is 1.89. The van der Waals surface area contributed by atoms with Gasteiger partial charge >= 0.3 is 0 Å². The summed E-state index contributed by atoms with van der Waals surface area (Å²) in [7, 11) is 1.52. The highest BCUT2D eigenvalue weighted by Gasteiger charge is 2.13.